The van der Waals surface area contributed by atoms with Crippen LogP contribution in [0.25, 0.3) is 5.78 Å². The number of piperazine rings is 1. The Balaban J connectivity index is 1.33. The molecule has 10 nitrogen and oxygen atoms in total. The number of amides is 3. The lowest BCUT2D eigenvalue weighted by atomic mass is 9.90. The number of fused-ring (bicyclic) bond motifs is 2. The van der Waals surface area contributed by atoms with Gasteiger partial charge in [-0.15, -0.1) is 5.10 Å². The molecule has 0 unspecified atom stereocenters. The van der Waals surface area contributed by atoms with Crippen molar-refractivity contribution in [3.8, 4) is 0 Å². The molecule has 0 bridgehead atoms. The van der Waals surface area contributed by atoms with Crippen LogP contribution in [-0.4, -0.2) is 78.3 Å². The molecule has 1 saturated carbocycles. The third-order valence-electron chi connectivity index (χ3n) is 6.59. The van der Waals surface area contributed by atoms with Gasteiger partial charge in [-0.2, -0.15) is 4.98 Å². The number of aromatic nitrogens is 4. The van der Waals surface area contributed by atoms with Crippen LogP contribution >= 0.6 is 0 Å². The number of hydrogen-bond donors (Lipinski definition) is 1. The first-order chi connectivity index (χ1) is 14.5. The van der Waals surface area contributed by atoms with Gasteiger partial charge in [0.2, 0.25) is 17.6 Å². The number of hydrogen-bond acceptors (Lipinski definition) is 6. The molecule has 5 rings (SSSR count). The van der Waals surface area contributed by atoms with Crippen molar-refractivity contribution in [2.75, 3.05) is 13.1 Å². The zero-order valence-electron chi connectivity index (χ0n) is 16.9. The number of rotatable bonds is 4. The Morgan fingerprint density at radius 2 is 2.13 bits per heavy atom. The predicted octanol–water partition coefficient (Wildman–Crippen LogP) is 0.245. The minimum atomic E-state index is -0.385. The zero-order chi connectivity index (χ0) is 20.8. The first-order valence-corrected chi connectivity index (χ1v) is 10.6. The van der Waals surface area contributed by atoms with E-state index in [1.54, 1.807) is 18.5 Å². The van der Waals surface area contributed by atoms with Crippen LogP contribution in [0.5, 0.6) is 0 Å². The average molecular weight is 411 g/mol. The van der Waals surface area contributed by atoms with E-state index in [4.69, 9.17) is 0 Å². The van der Waals surface area contributed by atoms with Crippen molar-refractivity contribution in [3.63, 3.8) is 0 Å². The maximum Gasteiger partial charge on any atom is 0.294 e. The van der Waals surface area contributed by atoms with Crippen molar-refractivity contribution in [3.05, 3.63) is 24.3 Å². The number of carbonyl (C=O) groups excluding carboxylic acids is 3. The molecule has 2 saturated heterocycles. The molecule has 158 valence electrons. The van der Waals surface area contributed by atoms with Gasteiger partial charge in [-0.25, -0.2) is 9.50 Å². The highest BCUT2D eigenvalue weighted by Gasteiger charge is 2.50. The molecular formula is C20H25N7O3. The Labute approximate surface area is 173 Å². The maximum absolute atomic E-state index is 13.0. The van der Waals surface area contributed by atoms with Crippen LogP contribution in [0.15, 0.2) is 18.5 Å². The minimum Gasteiger partial charge on any atom is -0.353 e. The molecule has 2 aliphatic heterocycles. The number of nitrogens with zero attached hydrogens (tertiary/aromatic N) is 6. The van der Waals surface area contributed by atoms with E-state index < -0.39 is 0 Å². The molecule has 3 atom stereocenters. The minimum absolute atomic E-state index is 0.0220. The Morgan fingerprint density at radius 3 is 2.83 bits per heavy atom. The lowest BCUT2D eigenvalue weighted by Gasteiger charge is -2.39. The summed E-state index contributed by atoms with van der Waals surface area (Å²) in [6, 6.07) is 1.71. The summed E-state index contributed by atoms with van der Waals surface area (Å²) >= 11 is 0. The van der Waals surface area contributed by atoms with E-state index in [2.05, 4.69) is 20.4 Å². The van der Waals surface area contributed by atoms with Crippen LogP contribution in [0.3, 0.4) is 0 Å². The van der Waals surface area contributed by atoms with Crippen LogP contribution < -0.4 is 5.32 Å². The van der Waals surface area contributed by atoms with Crippen LogP contribution in [0.2, 0.25) is 0 Å². The van der Waals surface area contributed by atoms with Crippen LogP contribution in [0.4, 0.5) is 0 Å². The van der Waals surface area contributed by atoms with E-state index in [1.807, 2.05) is 11.8 Å². The summed E-state index contributed by atoms with van der Waals surface area (Å²) in [6.07, 6.45) is 7.77. The van der Waals surface area contributed by atoms with Crippen molar-refractivity contribution >= 4 is 23.5 Å². The number of nitrogens with one attached hydrogen (secondary N) is 1. The summed E-state index contributed by atoms with van der Waals surface area (Å²) in [7, 11) is 0. The Morgan fingerprint density at radius 1 is 1.30 bits per heavy atom. The molecule has 3 fully saturated rings. The molecular weight excluding hydrogens is 386 g/mol. The first kappa shape index (κ1) is 19.0. The highest BCUT2D eigenvalue weighted by Crippen LogP contribution is 2.35. The molecule has 4 heterocycles. The Kier molecular flexibility index (Phi) is 4.63. The second-order valence-corrected chi connectivity index (χ2v) is 8.39. The predicted molar refractivity (Wildman–Crippen MR) is 105 cm³/mol. The van der Waals surface area contributed by atoms with Gasteiger partial charge >= 0.3 is 0 Å². The van der Waals surface area contributed by atoms with Gasteiger partial charge in [0.15, 0.2) is 0 Å². The van der Waals surface area contributed by atoms with Crippen molar-refractivity contribution in [1.29, 1.82) is 0 Å². The van der Waals surface area contributed by atoms with Gasteiger partial charge in [0.05, 0.1) is 12.0 Å². The molecule has 3 amide bonds. The van der Waals surface area contributed by atoms with Gasteiger partial charge in [0.1, 0.15) is 6.54 Å². The molecule has 0 spiro atoms. The van der Waals surface area contributed by atoms with Crippen LogP contribution in [-0.2, 0) is 9.59 Å². The monoisotopic (exact) mass is 411 g/mol. The Hall–Kier alpha value is -3.04. The summed E-state index contributed by atoms with van der Waals surface area (Å²) < 4.78 is 1.44. The summed E-state index contributed by atoms with van der Waals surface area (Å²) in [6.45, 7) is 2.37. The second-order valence-electron chi connectivity index (χ2n) is 8.39. The van der Waals surface area contributed by atoms with Crippen molar-refractivity contribution < 1.29 is 14.4 Å². The highest BCUT2D eigenvalue weighted by molar-refractivity contribution is 5.95. The zero-order valence-corrected chi connectivity index (χ0v) is 16.9. The standard InChI is InChI=1S/C20H25N7O3/c1-2-15-14(18(29)22-12-5-3-6-12)9-13-10-25(11-16(28)27(13)15)19(30)17-23-20-21-7-4-8-26(20)24-17/h4,7-8,12-15H,2-3,5-6,9-11H2,1H3,(H,22,29)/t13-,14-,15-/m0/s1. The van der Waals surface area contributed by atoms with E-state index in [0.29, 0.717) is 18.7 Å². The summed E-state index contributed by atoms with van der Waals surface area (Å²) in [5.74, 6) is -0.322. The average Bonchev–Trinajstić information content (AvgIpc) is 3.31. The van der Waals surface area contributed by atoms with E-state index in [-0.39, 0.29) is 54.1 Å². The quantitative estimate of drug-likeness (QED) is 0.771. The SMILES string of the molecule is CC[C@H]1[C@@H](C(=O)NC2CCC2)C[C@H]2CN(C(=O)c3nc4ncccn4n3)CC(=O)N21. The normalized spacial score (nSPS) is 26.6. The number of carbonyl (C=O) groups is 3. The molecule has 3 aliphatic rings. The molecule has 2 aromatic rings. The fourth-order valence-corrected chi connectivity index (χ4v) is 4.89. The first-order valence-electron chi connectivity index (χ1n) is 10.6. The van der Waals surface area contributed by atoms with E-state index >= 15 is 0 Å². The van der Waals surface area contributed by atoms with Crippen molar-refractivity contribution in [2.45, 2.75) is 57.2 Å². The molecule has 30 heavy (non-hydrogen) atoms. The highest BCUT2D eigenvalue weighted by atomic mass is 16.2. The lowest BCUT2D eigenvalue weighted by molar-refractivity contribution is -0.139. The van der Waals surface area contributed by atoms with E-state index in [0.717, 1.165) is 25.7 Å². The topological polar surface area (TPSA) is 113 Å². The summed E-state index contributed by atoms with van der Waals surface area (Å²) in [4.78, 5) is 50.4. The Bertz CT molecular complexity index is 968. The summed E-state index contributed by atoms with van der Waals surface area (Å²) in [5, 5.41) is 7.32. The second kappa shape index (κ2) is 7.33. The maximum atomic E-state index is 13.0. The van der Waals surface area contributed by atoms with Gasteiger partial charge in [-0.1, -0.05) is 6.92 Å². The lowest BCUT2D eigenvalue weighted by Crippen LogP contribution is -2.57. The van der Waals surface area contributed by atoms with Gasteiger partial charge in [-0.05, 0) is 38.2 Å². The largest absolute Gasteiger partial charge is 0.353 e. The van der Waals surface area contributed by atoms with Gasteiger partial charge in [0.25, 0.3) is 11.7 Å². The third-order valence-corrected chi connectivity index (χ3v) is 6.59. The smallest absolute Gasteiger partial charge is 0.294 e. The molecule has 10 heteroatoms. The molecule has 1 N–H and O–H groups in total. The van der Waals surface area contributed by atoms with Crippen LogP contribution in [0.1, 0.15) is 49.6 Å². The van der Waals surface area contributed by atoms with Crippen molar-refractivity contribution in [1.82, 2.24) is 34.7 Å². The third kappa shape index (κ3) is 3.10. The van der Waals surface area contributed by atoms with Gasteiger partial charge in [0, 0.05) is 31.0 Å². The summed E-state index contributed by atoms with van der Waals surface area (Å²) in [5.41, 5.74) is 0. The van der Waals surface area contributed by atoms with Crippen molar-refractivity contribution in [2.24, 2.45) is 5.92 Å². The van der Waals surface area contributed by atoms with Crippen LogP contribution in [0, 0.1) is 5.92 Å². The molecule has 2 aromatic heterocycles. The van der Waals surface area contributed by atoms with E-state index in [1.165, 1.54) is 9.42 Å². The molecule has 1 aliphatic carbocycles. The fourth-order valence-electron chi connectivity index (χ4n) is 4.89. The molecule has 0 radical (unpaired) electrons. The van der Waals surface area contributed by atoms with Gasteiger partial charge < -0.3 is 15.1 Å². The fraction of sp³-hybridized carbons (Fsp3) is 0.600. The van der Waals surface area contributed by atoms with Gasteiger partial charge in [-0.3, -0.25) is 14.4 Å². The van der Waals surface area contributed by atoms with E-state index in [9.17, 15) is 14.4 Å². The molecule has 0 aromatic carbocycles.